The molecule has 2 aliphatic rings. The lowest BCUT2D eigenvalue weighted by Gasteiger charge is -2.37. The third-order valence-corrected chi connectivity index (χ3v) is 7.76. The van der Waals surface area contributed by atoms with Crippen LogP contribution in [0, 0.1) is 0 Å². The van der Waals surface area contributed by atoms with Gasteiger partial charge in [0.2, 0.25) is 0 Å². The van der Waals surface area contributed by atoms with Crippen molar-refractivity contribution in [3.63, 3.8) is 0 Å². The Morgan fingerprint density at radius 3 is 2.09 bits per heavy atom. The molecule has 0 aliphatic heterocycles. The topological polar surface area (TPSA) is 3.24 Å². The van der Waals surface area contributed by atoms with Gasteiger partial charge >= 0.3 is 0 Å². The number of anilines is 2. The molecular weight excluding hydrogens is 386 g/mol. The van der Waals surface area contributed by atoms with E-state index in [2.05, 4.69) is 104 Å². The molecule has 0 heterocycles. The molecule has 32 heavy (non-hydrogen) atoms. The first-order valence-electron chi connectivity index (χ1n) is 12.2. The number of benzene rings is 4. The van der Waals surface area contributed by atoms with Crippen LogP contribution >= 0.6 is 0 Å². The summed E-state index contributed by atoms with van der Waals surface area (Å²) in [6.07, 6.45) is 6.58. The molecule has 4 aromatic carbocycles. The zero-order valence-corrected chi connectivity index (χ0v) is 19.1. The first kappa shape index (κ1) is 19.6. The second kappa shape index (κ2) is 7.52. The summed E-state index contributed by atoms with van der Waals surface area (Å²) in [5.74, 6) is 0. The minimum Gasteiger partial charge on any atom is -0.339 e. The number of nitrogens with zero attached hydrogens (tertiary/aromatic N) is 1. The van der Waals surface area contributed by atoms with Crippen molar-refractivity contribution in [1.29, 1.82) is 0 Å². The Labute approximate surface area is 191 Å². The second-order valence-electron chi connectivity index (χ2n) is 9.91. The van der Waals surface area contributed by atoms with Gasteiger partial charge in [-0.3, -0.25) is 0 Å². The zero-order chi connectivity index (χ0) is 21.7. The van der Waals surface area contributed by atoms with Crippen LogP contribution < -0.4 is 4.90 Å². The largest absolute Gasteiger partial charge is 0.339 e. The van der Waals surface area contributed by atoms with Gasteiger partial charge in [-0.15, -0.1) is 0 Å². The molecule has 160 valence electrons. The van der Waals surface area contributed by atoms with Gasteiger partial charge in [-0.2, -0.15) is 0 Å². The average molecular weight is 418 g/mol. The maximum atomic E-state index is 2.52. The van der Waals surface area contributed by atoms with Crippen LogP contribution in [0.4, 0.5) is 11.4 Å². The minimum atomic E-state index is 0.201. The Bertz CT molecular complexity index is 1290. The first-order valence-corrected chi connectivity index (χ1v) is 12.2. The van der Waals surface area contributed by atoms with E-state index >= 15 is 0 Å². The van der Waals surface area contributed by atoms with E-state index in [1.807, 2.05) is 0 Å². The highest BCUT2D eigenvalue weighted by Gasteiger charge is 2.43. The molecule has 1 nitrogen and oxygen atoms in total. The van der Waals surface area contributed by atoms with Crippen molar-refractivity contribution in [2.75, 3.05) is 4.90 Å². The summed E-state index contributed by atoms with van der Waals surface area (Å²) in [6.45, 7) is 4.60. The van der Waals surface area contributed by atoms with Gasteiger partial charge in [0.05, 0.1) is 0 Å². The van der Waals surface area contributed by atoms with Crippen molar-refractivity contribution >= 4 is 22.1 Å². The van der Waals surface area contributed by atoms with Crippen molar-refractivity contribution in [1.82, 2.24) is 0 Å². The Hall–Kier alpha value is -3.06. The maximum absolute atomic E-state index is 2.52. The highest BCUT2D eigenvalue weighted by atomic mass is 15.2. The Morgan fingerprint density at radius 2 is 1.28 bits per heavy atom. The van der Waals surface area contributed by atoms with E-state index in [4.69, 9.17) is 0 Å². The summed E-state index contributed by atoms with van der Waals surface area (Å²) in [5.41, 5.74) is 8.81. The first-order chi connectivity index (χ1) is 15.7. The third kappa shape index (κ3) is 2.91. The van der Waals surface area contributed by atoms with Crippen LogP contribution in [0.3, 0.4) is 0 Å². The Kier molecular flexibility index (Phi) is 4.61. The van der Waals surface area contributed by atoms with E-state index in [1.54, 1.807) is 11.1 Å². The maximum Gasteiger partial charge on any atom is 0.0419 e. The van der Waals surface area contributed by atoms with Gasteiger partial charge in [-0.25, -0.2) is 0 Å². The monoisotopic (exact) mass is 417 g/mol. The van der Waals surface area contributed by atoms with Crippen molar-refractivity contribution < 1.29 is 0 Å². The molecule has 1 saturated carbocycles. The Balaban J connectivity index is 1.51. The molecule has 0 N–H and O–H groups in total. The molecule has 0 aromatic heterocycles. The van der Waals surface area contributed by atoms with Crippen LogP contribution in [0.25, 0.3) is 21.9 Å². The highest BCUT2D eigenvalue weighted by molar-refractivity contribution is 5.88. The molecule has 2 aliphatic carbocycles. The summed E-state index contributed by atoms with van der Waals surface area (Å²) in [5, 5.41) is 2.60. The predicted octanol–water partition coefficient (Wildman–Crippen LogP) is 8.62. The van der Waals surface area contributed by atoms with Gasteiger partial charge in [-0.05, 0) is 84.0 Å². The molecule has 0 radical (unpaired) electrons. The number of hydrogen-bond acceptors (Lipinski definition) is 1. The fraction of sp³-hybridized carbons (Fsp3) is 0.290. The second-order valence-corrected chi connectivity index (χ2v) is 9.91. The molecule has 0 atom stereocenters. The summed E-state index contributed by atoms with van der Waals surface area (Å²) >= 11 is 0. The molecule has 0 amide bonds. The van der Waals surface area contributed by atoms with E-state index in [9.17, 15) is 0 Å². The molecule has 0 saturated heterocycles. The van der Waals surface area contributed by atoms with Gasteiger partial charge < -0.3 is 4.90 Å². The van der Waals surface area contributed by atoms with Crippen LogP contribution in [-0.4, -0.2) is 6.04 Å². The summed E-state index contributed by atoms with van der Waals surface area (Å²) in [6, 6.07) is 32.3. The van der Waals surface area contributed by atoms with Crippen LogP contribution in [0.15, 0.2) is 84.9 Å². The quantitative estimate of drug-likeness (QED) is 0.322. The standard InChI is InChI=1S/C31H31N/c1-22(2)32(25-15-14-23-10-4-5-11-24(23)20-25)26-16-17-28-27-12-6-7-13-29(27)31(30(28)21-26)18-8-3-9-19-31/h4-7,10-17,20-22H,3,8-9,18-19H2,1-2H3. The smallest absolute Gasteiger partial charge is 0.0419 e. The van der Waals surface area contributed by atoms with Gasteiger partial charge in [-0.1, -0.05) is 79.9 Å². The highest BCUT2D eigenvalue weighted by Crippen LogP contribution is 2.56. The van der Waals surface area contributed by atoms with E-state index in [1.165, 1.54) is 65.4 Å². The van der Waals surface area contributed by atoms with Crippen LogP contribution in [0.2, 0.25) is 0 Å². The molecule has 4 aromatic rings. The summed E-state index contributed by atoms with van der Waals surface area (Å²) in [7, 11) is 0. The van der Waals surface area contributed by atoms with Gasteiger partial charge in [0, 0.05) is 22.8 Å². The van der Waals surface area contributed by atoms with E-state index < -0.39 is 0 Å². The molecule has 1 fully saturated rings. The Morgan fingerprint density at radius 1 is 0.625 bits per heavy atom. The van der Waals surface area contributed by atoms with Gasteiger partial charge in [0.25, 0.3) is 0 Å². The summed E-state index contributed by atoms with van der Waals surface area (Å²) in [4.78, 5) is 2.51. The zero-order valence-electron chi connectivity index (χ0n) is 19.1. The molecule has 0 unspecified atom stereocenters. The molecule has 0 bridgehead atoms. The third-order valence-electron chi connectivity index (χ3n) is 7.76. The van der Waals surface area contributed by atoms with Crippen molar-refractivity contribution in [3.8, 4) is 11.1 Å². The molecule has 6 rings (SSSR count). The van der Waals surface area contributed by atoms with Crippen molar-refractivity contribution in [2.45, 2.75) is 57.4 Å². The normalized spacial score (nSPS) is 16.3. The average Bonchev–Trinajstić information content (AvgIpc) is 3.09. The number of hydrogen-bond donors (Lipinski definition) is 0. The van der Waals surface area contributed by atoms with Crippen molar-refractivity contribution in [3.05, 3.63) is 96.1 Å². The van der Waals surface area contributed by atoms with E-state index in [0.29, 0.717) is 6.04 Å². The SMILES string of the molecule is CC(C)N(c1ccc2c(c1)C1(CCCCC1)c1ccccc1-2)c1ccc2ccccc2c1. The number of rotatable bonds is 3. The lowest BCUT2D eigenvalue weighted by Crippen LogP contribution is -2.29. The molecular formula is C31H31N. The molecule has 1 heteroatoms. The predicted molar refractivity (Wildman–Crippen MR) is 137 cm³/mol. The van der Waals surface area contributed by atoms with E-state index in [-0.39, 0.29) is 5.41 Å². The van der Waals surface area contributed by atoms with Gasteiger partial charge in [0.15, 0.2) is 0 Å². The lowest BCUT2D eigenvalue weighted by atomic mass is 9.68. The lowest BCUT2D eigenvalue weighted by molar-refractivity contribution is 0.353. The van der Waals surface area contributed by atoms with Crippen LogP contribution in [-0.2, 0) is 5.41 Å². The summed E-state index contributed by atoms with van der Waals surface area (Å²) < 4.78 is 0. The van der Waals surface area contributed by atoms with Gasteiger partial charge in [0.1, 0.15) is 0 Å². The van der Waals surface area contributed by atoms with Crippen LogP contribution in [0.1, 0.15) is 57.1 Å². The fourth-order valence-electron chi connectivity index (χ4n) is 6.36. The molecule has 1 spiro atoms. The fourth-order valence-corrected chi connectivity index (χ4v) is 6.36. The van der Waals surface area contributed by atoms with Crippen LogP contribution in [0.5, 0.6) is 0 Å². The minimum absolute atomic E-state index is 0.201. The van der Waals surface area contributed by atoms with E-state index in [0.717, 1.165) is 0 Å². The number of fused-ring (bicyclic) bond motifs is 6. The van der Waals surface area contributed by atoms with Crippen molar-refractivity contribution in [2.24, 2.45) is 0 Å².